The number of fused-ring (bicyclic) bond motifs is 1. The molecule has 0 amide bonds. The SMILES string of the molecule is CC1=NC(S(=O)(=O)N(C)c2cccc3cc(-c4nccs4)[nH]c23)CN1C. The molecule has 26 heavy (non-hydrogen) atoms. The lowest BCUT2D eigenvalue weighted by molar-refractivity contribution is 0.520. The Morgan fingerprint density at radius 2 is 2.19 bits per heavy atom. The maximum Gasteiger partial charge on any atom is 0.260 e. The summed E-state index contributed by atoms with van der Waals surface area (Å²) in [6.45, 7) is 2.19. The number of hydrogen-bond acceptors (Lipinski definition) is 6. The monoisotopic (exact) mass is 389 g/mol. The van der Waals surface area contributed by atoms with Crippen molar-refractivity contribution in [3.8, 4) is 10.7 Å². The van der Waals surface area contributed by atoms with Crippen molar-refractivity contribution in [1.82, 2.24) is 14.9 Å². The van der Waals surface area contributed by atoms with Gasteiger partial charge in [-0.05, 0) is 19.1 Å². The summed E-state index contributed by atoms with van der Waals surface area (Å²) >= 11 is 1.53. The molecule has 136 valence electrons. The van der Waals surface area contributed by atoms with Gasteiger partial charge in [0.2, 0.25) is 0 Å². The highest BCUT2D eigenvalue weighted by Crippen LogP contribution is 2.33. The van der Waals surface area contributed by atoms with Gasteiger partial charge in [0, 0.05) is 31.1 Å². The first-order chi connectivity index (χ1) is 12.4. The van der Waals surface area contributed by atoms with Crippen molar-refractivity contribution in [3.63, 3.8) is 0 Å². The molecule has 0 saturated carbocycles. The normalized spacial score (nSPS) is 17.7. The number of aromatic nitrogens is 2. The number of aliphatic imine (C=N–C) groups is 1. The van der Waals surface area contributed by atoms with Crippen LogP contribution in [0.25, 0.3) is 21.6 Å². The number of hydrogen-bond donors (Lipinski definition) is 1. The Morgan fingerprint density at radius 1 is 1.38 bits per heavy atom. The van der Waals surface area contributed by atoms with Gasteiger partial charge in [-0.2, -0.15) is 0 Å². The molecule has 1 aromatic carbocycles. The van der Waals surface area contributed by atoms with Crippen LogP contribution in [-0.4, -0.2) is 55.1 Å². The minimum Gasteiger partial charge on any atom is -0.360 e. The number of likely N-dealkylation sites (N-methyl/N-ethyl adjacent to an activating group) is 1. The smallest absolute Gasteiger partial charge is 0.260 e. The fourth-order valence-electron chi connectivity index (χ4n) is 3.07. The van der Waals surface area contributed by atoms with Crippen LogP contribution >= 0.6 is 11.3 Å². The molecule has 1 N–H and O–H groups in total. The van der Waals surface area contributed by atoms with E-state index < -0.39 is 15.4 Å². The lowest BCUT2D eigenvalue weighted by atomic mass is 10.2. The summed E-state index contributed by atoms with van der Waals surface area (Å²) in [6, 6.07) is 7.61. The predicted octanol–water partition coefficient (Wildman–Crippen LogP) is 2.75. The number of anilines is 1. The maximum absolute atomic E-state index is 13.1. The first-order valence-electron chi connectivity index (χ1n) is 8.13. The molecule has 9 heteroatoms. The van der Waals surface area contributed by atoms with Crippen LogP contribution in [-0.2, 0) is 10.0 Å². The summed E-state index contributed by atoms with van der Waals surface area (Å²) < 4.78 is 27.5. The zero-order chi connectivity index (χ0) is 18.5. The van der Waals surface area contributed by atoms with Gasteiger partial charge in [-0.1, -0.05) is 12.1 Å². The van der Waals surface area contributed by atoms with Gasteiger partial charge in [0.15, 0.2) is 5.37 Å². The summed E-state index contributed by atoms with van der Waals surface area (Å²) in [7, 11) is -0.194. The van der Waals surface area contributed by atoms with E-state index in [1.54, 1.807) is 19.3 Å². The average molecular weight is 390 g/mol. The number of benzene rings is 1. The number of para-hydroxylation sites is 1. The van der Waals surface area contributed by atoms with E-state index in [1.807, 2.05) is 42.5 Å². The Morgan fingerprint density at radius 3 is 2.85 bits per heavy atom. The zero-order valence-corrected chi connectivity index (χ0v) is 16.3. The molecule has 1 unspecified atom stereocenters. The Labute approximate surface area is 156 Å². The largest absolute Gasteiger partial charge is 0.360 e. The van der Waals surface area contributed by atoms with E-state index in [1.165, 1.54) is 15.6 Å². The number of H-pyrrole nitrogens is 1. The van der Waals surface area contributed by atoms with E-state index >= 15 is 0 Å². The van der Waals surface area contributed by atoms with Crippen LogP contribution in [0.1, 0.15) is 6.92 Å². The molecular formula is C17H19N5O2S2. The molecule has 0 fully saturated rings. The molecule has 1 aliphatic heterocycles. The second kappa shape index (κ2) is 6.10. The van der Waals surface area contributed by atoms with Crippen molar-refractivity contribution in [2.75, 3.05) is 24.9 Å². The summed E-state index contributed by atoms with van der Waals surface area (Å²) in [5.74, 6) is 0.733. The highest BCUT2D eigenvalue weighted by molar-refractivity contribution is 7.93. The molecule has 1 aliphatic rings. The summed E-state index contributed by atoms with van der Waals surface area (Å²) in [5.41, 5.74) is 2.26. The van der Waals surface area contributed by atoms with Gasteiger partial charge in [-0.15, -0.1) is 11.3 Å². The third kappa shape index (κ3) is 2.67. The van der Waals surface area contributed by atoms with Gasteiger partial charge in [0.05, 0.1) is 29.3 Å². The van der Waals surface area contributed by atoms with E-state index in [0.29, 0.717) is 12.2 Å². The number of amidine groups is 1. The van der Waals surface area contributed by atoms with Crippen molar-refractivity contribution in [1.29, 1.82) is 0 Å². The van der Waals surface area contributed by atoms with Crippen molar-refractivity contribution in [2.24, 2.45) is 4.99 Å². The molecule has 3 heterocycles. The highest BCUT2D eigenvalue weighted by Gasteiger charge is 2.35. The van der Waals surface area contributed by atoms with Crippen LogP contribution in [0.2, 0.25) is 0 Å². The Kier molecular flexibility index (Phi) is 4.00. The zero-order valence-electron chi connectivity index (χ0n) is 14.7. The molecule has 0 bridgehead atoms. The van der Waals surface area contributed by atoms with Crippen LogP contribution in [0.4, 0.5) is 5.69 Å². The average Bonchev–Trinajstić information content (AvgIpc) is 3.33. The van der Waals surface area contributed by atoms with Gasteiger partial charge in [-0.25, -0.2) is 18.4 Å². The lowest BCUT2D eigenvalue weighted by Crippen LogP contribution is -2.38. The van der Waals surface area contributed by atoms with E-state index in [-0.39, 0.29) is 0 Å². The Balaban J connectivity index is 1.76. The number of thiazole rings is 1. The molecule has 3 aromatic rings. The molecule has 0 spiro atoms. The van der Waals surface area contributed by atoms with E-state index in [2.05, 4.69) is 15.0 Å². The highest BCUT2D eigenvalue weighted by atomic mass is 32.2. The minimum atomic E-state index is -3.62. The number of nitrogens with zero attached hydrogens (tertiary/aromatic N) is 4. The van der Waals surface area contributed by atoms with Crippen molar-refractivity contribution in [2.45, 2.75) is 12.3 Å². The van der Waals surface area contributed by atoms with Gasteiger partial charge < -0.3 is 9.88 Å². The topological polar surface area (TPSA) is 81.7 Å². The number of rotatable bonds is 4. The van der Waals surface area contributed by atoms with Crippen LogP contribution in [0.15, 0.2) is 40.8 Å². The second-order valence-electron chi connectivity index (χ2n) is 6.29. The van der Waals surface area contributed by atoms with Crippen molar-refractivity contribution >= 4 is 43.8 Å². The van der Waals surface area contributed by atoms with E-state index in [9.17, 15) is 8.42 Å². The lowest BCUT2D eigenvalue weighted by Gasteiger charge is -2.23. The molecule has 0 radical (unpaired) electrons. The number of sulfonamides is 1. The third-order valence-corrected chi connectivity index (χ3v) is 7.38. The molecule has 4 rings (SSSR count). The molecule has 0 saturated heterocycles. The Bertz CT molecular complexity index is 1090. The quantitative estimate of drug-likeness (QED) is 0.744. The van der Waals surface area contributed by atoms with Gasteiger partial charge in [0.25, 0.3) is 10.0 Å². The molecule has 7 nitrogen and oxygen atoms in total. The second-order valence-corrected chi connectivity index (χ2v) is 9.30. The van der Waals surface area contributed by atoms with Crippen molar-refractivity contribution < 1.29 is 8.42 Å². The predicted molar refractivity (Wildman–Crippen MR) is 106 cm³/mol. The molecular weight excluding hydrogens is 370 g/mol. The third-order valence-electron chi connectivity index (χ3n) is 4.68. The van der Waals surface area contributed by atoms with E-state index in [4.69, 9.17) is 0 Å². The van der Waals surface area contributed by atoms with Crippen LogP contribution < -0.4 is 4.31 Å². The summed E-state index contributed by atoms with van der Waals surface area (Å²) in [4.78, 5) is 13.8. The van der Waals surface area contributed by atoms with Crippen molar-refractivity contribution in [3.05, 3.63) is 35.8 Å². The molecule has 2 aromatic heterocycles. The fraction of sp³-hybridized carbons (Fsp3) is 0.294. The van der Waals surface area contributed by atoms with Gasteiger partial charge in [-0.3, -0.25) is 4.31 Å². The number of nitrogens with one attached hydrogen (secondary N) is 1. The summed E-state index contributed by atoms with van der Waals surface area (Å²) in [5, 5.41) is 2.93. The van der Waals surface area contributed by atoms with E-state index in [0.717, 1.165) is 27.4 Å². The number of aromatic amines is 1. The van der Waals surface area contributed by atoms with Gasteiger partial charge in [0.1, 0.15) is 5.01 Å². The summed E-state index contributed by atoms with van der Waals surface area (Å²) in [6.07, 6.45) is 1.75. The van der Waals surface area contributed by atoms with Crippen LogP contribution in [0.5, 0.6) is 0 Å². The first kappa shape index (κ1) is 17.0. The van der Waals surface area contributed by atoms with Crippen LogP contribution in [0, 0.1) is 0 Å². The Hall–Kier alpha value is -2.39. The van der Waals surface area contributed by atoms with Gasteiger partial charge >= 0.3 is 0 Å². The fourth-order valence-corrected chi connectivity index (χ4v) is 5.17. The molecule has 0 aliphatic carbocycles. The maximum atomic E-state index is 13.1. The van der Waals surface area contributed by atoms with Crippen LogP contribution in [0.3, 0.4) is 0 Å². The minimum absolute atomic E-state index is 0.365. The molecule has 1 atom stereocenters. The first-order valence-corrected chi connectivity index (χ1v) is 10.5. The standard InChI is InChI=1S/C17H19N5O2S2/c1-11-19-15(10-21(11)2)26(23,24)22(3)14-6-4-5-12-9-13(20-16(12)14)17-18-7-8-25-17/h4-9,15,20H,10H2,1-3H3.